The van der Waals surface area contributed by atoms with Gasteiger partial charge in [0.25, 0.3) is 0 Å². The molecule has 0 saturated carbocycles. The highest BCUT2D eigenvalue weighted by molar-refractivity contribution is 5.26. The first-order valence-electron chi connectivity index (χ1n) is 8.52. The van der Waals surface area contributed by atoms with Crippen LogP contribution in [0, 0.1) is 0 Å². The Labute approximate surface area is 130 Å². The molecule has 1 unspecified atom stereocenters. The lowest BCUT2D eigenvalue weighted by atomic mass is 10.0. The summed E-state index contributed by atoms with van der Waals surface area (Å²) in [5.41, 5.74) is 1.24. The molecule has 21 heavy (non-hydrogen) atoms. The molecule has 0 spiro atoms. The first-order chi connectivity index (χ1) is 10.2. The van der Waals surface area contributed by atoms with Gasteiger partial charge in [0.1, 0.15) is 5.75 Å². The zero-order valence-electron chi connectivity index (χ0n) is 14.2. The van der Waals surface area contributed by atoms with Crippen molar-refractivity contribution in [2.45, 2.75) is 78.4 Å². The van der Waals surface area contributed by atoms with Gasteiger partial charge in [0.05, 0.1) is 12.3 Å². The van der Waals surface area contributed by atoms with E-state index in [0.29, 0.717) is 6.04 Å². The average molecular weight is 292 g/mol. The Bertz CT molecular complexity index is 379. The zero-order valence-corrected chi connectivity index (χ0v) is 14.2. The van der Waals surface area contributed by atoms with Crippen molar-refractivity contribution in [1.29, 1.82) is 0 Å². The van der Waals surface area contributed by atoms with Gasteiger partial charge >= 0.3 is 0 Å². The molecule has 1 aromatic rings. The summed E-state index contributed by atoms with van der Waals surface area (Å²) in [7, 11) is 0. The van der Waals surface area contributed by atoms with Crippen LogP contribution >= 0.6 is 0 Å². The van der Waals surface area contributed by atoms with Gasteiger partial charge in [0.2, 0.25) is 0 Å². The van der Waals surface area contributed by atoms with Crippen molar-refractivity contribution in [2.75, 3.05) is 6.54 Å². The minimum Gasteiger partial charge on any atom is -0.489 e. The summed E-state index contributed by atoms with van der Waals surface area (Å²) in [6.07, 6.45) is 11.7. The molecule has 1 heterocycles. The van der Waals surface area contributed by atoms with Gasteiger partial charge in [-0.2, -0.15) is 0 Å². The van der Waals surface area contributed by atoms with Crippen LogP contribution in [0.3, 0.4) is 0 Å². The van der Waals surface area contributed by atoms with E-state index < -0.39 is 0 Å². The fourth-order valence-electron chi connectivity index (χ4n) is 2.55. The lowest BCUT2D eigenvalue weighted by Crippen LogP contribution is -2.21. The van der Waals surface area contributed by atoms with E-state index in [0.717, 1.165) is 12.3 Å². The highest BCUT2D eigenvalue weighted by Gasteiger charge is 2.11. The second-order valence-electron chi connectivity index (χ2n) is 5.93. The highest BCUT2D eigenvalue weighted by atomic mass is 16.5. The Morgan fingerprint density at radius 1 is 1.10 bits per heavy atom. The first-order valence-corrected chi connectivity index (χ1v) is 8.52. The minimum atomic E-state index is 0.189. The van der Waals surface area contributed by atoms with Gasteiger partial charge in [-0.05, 0) is 38.4 Å². The van der Waals surface area contributed by atoms with E-state index in [1.807, 2.05) is 20.0 Å². The van der Waals surface area contributed by atoms with Crippen LogP contribution in [0.1, 0.15) is 77.8 Å². The van der Waals surface area contributed by atoms with Crippen LogP contribution in [0.5, 0.6) is 5.75 Å². The van der Waals surface area contributed by atoms with Crippen LogP contribution in [0.2, 0.25) is 0 Å². The molecule has 1 atom stereocenters. The number of nitrogens with one attached hydrogen (secondary N) is 1. The molecule has 0 aromatic carbocycles. The third kappa shape index (κ3) is 7.47. The van der Waals surface area contributed by atoms with Crippen molar-refractivity contribution in [3.63, 3.8) is 0 Å². The molecule has 3 heteroatoms. The van der Waals surface area contributed by atoms with Crippen molar-refractivity contribution in [3.8, 4) is 5.75 Å². The van der Waals surface area contributed by atoms with E-state index in [1.165, 1.54) is 44.1 Å². The quantitative estimate of drug-likeness (QED) is 0.590. The monoisotopic (exact) mass is 292 g/mol. The van der Waals surface area contributed by atoms with Crippen LogP contribution in [0.4, 0.5) is 0 Å². The van der Waals surface area contributed by atoms with Crippen LogP contribution in [-0.2, 0) is 0 Å². The average Bonchev–Trinajstić information content (AvgIpc) is 2.45. The molecule has 0 radical (unpaired) electrons. The summed E-state index contributed by atoms with van der Waals surface area (Å²) in [5.74, 6) is 0.872. The molecular weight excluding hydrogens is 260 g/mol. The topological polar surface area (TPSA) is 34.2 Å². The molecule has 0 fully saturated rings. The predicted octanol–water partition coefficient (Wildman–Crippen LogP) is 4.88. The molecule has 1 aromatic heterocycles. The molecule has 0 aliphatic carbocycles. The fourth-order valence-corrected chi connectivity index (χ4v) is 2.55. The molecule has 1 N–H and O–H groups in total. The van der Waals surface area contributed by atoms with Crippen LogP contribution in [-0.4, -0.2) is 17.6 Å². The van der Waals surface area contributed by atoms with Crippen molar-refractivity contribution in [3.05, 3.63) is 24.0 Å². The smallest absolute Gasteiger partial charge is 0.138 e. The lowest BCUT2D eigenvalue weighted by Gasteiger charge is -2.19. The van der Waals surface area contributed by atoms with Crippen LogP contribution < -0.4 is 10.1 Å². The molecule has 0 aliphatic rings. The SMILES string of the molecule is CCCCCCCC(NCC)c1cncc(OC(C)C)c1. The van der Waals surface area contributed by atoms with Crippen molar-refractivity contribution in [1.82, 2.24) is 10.3 Å². The number of aromatic nitrogens is 1. The van der Waals surface area contributed by atoms with Gasteiger partial charge in [0, 0.05) is 12.2 Å². The number of rotatable bonds is 11. The summed E-state index contributed by atoms with van der Waals surface area (Å²) in [6.45, 7) is 9.48. The number of hydrogen-bond donors (Lipinski definition) is 1. The van der Waals surface area contributed by atoms with E-state index in [2.05, 4.69) is 30.2 Å². The zero-order chi connectivity index (χ0) is 15.5. The van der Waals surface area contributed by atoms with Gasteiger partial charge in [-0.15, -0.1) is 0 Å². The normalized spacial score (nSPS) is 12.6. The van der Waals surface area contributed by atoms with E-state index in [9.17, 15) is 0 Å². The summed E-state index contributed by atoms with van der Waals surface area (Å²) in [6, 6.07) is 2.52. The van der Waals surface area contributed by atoms with Crippen molar-refractivity contribution < 1.29 is 4.74 Å². The first kappa shape index (κ1) is 18.0. The molecule has 3 nitrogen and oxygen atoms in total. The molecule has 1 rings (SSSR count). The van der Waals surface area contributed by atoms with Gasteiger partial charge in [-0.3, -0.25) is 4.98 Å². The van der Waals surface area contributed by atoms with Crippen molar-refractivity contribution in [2.24, 2.45) is 0 Å². The molecule has 0 aliphatic heterocycles. The third-order valence-corrected chi connectivity index (χ3v) is 3.56. The Balaban J connectivity index is 2.57. The lowest BCUT2D eigenvalue weighted by molar-refractivity contribution is 0.241. The molecule has 120 valence electrons. The number of nitrogens with zero attached hydrogens (tertiary/aromatic N) is 1. The Kier molecular flexibility index (Phi) is 9.07. The van der Waals surface area contributed by atoms with Crippen LogP contribution in [0.15, 0.2) is 18.5 Å². The maximum Gasteiger partial charge on any atom is 0.138 e. The second kappa shape index (κ2) is 10.6. The van der Waals surface area contributed by atoms with E-state index in [4.69, 9.17) is 4.74 Å². The Morgan fingerprint density at radius 2 is 1.86 bits per heavy atom. The summed E-state index contributed by atoms with van der Waals surface area (Å²) in [4.78, 5) is 4.33. The van der Waals surface area contributed by atoms with Gasteiger partial charge in [-0.1, -0.05) is 46.0 Å². The van der Waals surface area contributed by atoms with Crippen molar-refractivity contribution >= 4 is 0 Å². The minimum absolute atomic E-state index is 0.189. The maximum atomic E-state index is 5.75. The fraction of sp³-hybridized carbons (Fsp3) is 0.722. The third-order valence-electron chi connectivity index (χ3n) is 3.56. The summed E-state index contributed by atoms with van der Waals surface area (Å²) in [5, 5.41) is 3.57. The summed E-state index contributed by atoms with van der Waals surface area (Å²) >= 11 is 0. The Morgan fingerprint density at radius 3 is 2.52 bits per heavy atom. The molecule has 0 bridgehead atoms. The number of hydrogen-bond acceptors (Lipinski definition) is 3. The molecule has 0 amide bonds. The standard InChI is InChI=1S/C18H32N2O/c1-5-7-8-9-10-11-18(20-6-2)16-12-17(14-19-13-16)21-15(3)4/h12-15,18,20H,5-11H2,1-4H3. The number of pyridine rings is 1. The van der Waals surface area contributed by atoms with E-state index in [-0.39, 0.29) is 6.10 Å². The second-order valence-corrected chi connectivity index (χ2v) is 5.93. The maximum absolute atomic E-state index is 5.75. The predicted molar refractivity (Wildman–Crippen MR) is 89.8 cm³/mol. The Hall–Kier alpha value is -1.09. The molecular formula is C18H32N2O. The number of unbranched alkanes of at least 4 members (excludes halogenated alkanes) is 4. The summed E-state index contributed by atoms with van der Waals surface area (Å²) < 4.78 is 5.75. The highest BCUT2D eigenvalue weighted by Crippen LogP contribution is 2.23. The van der Waals surface area contributed by atoms with E-state index in [1.54, 1.807) is 6.20 Å². The van der Waals surface area contributed by atoms with E-state index >= 15 is 0 Å². The largest absolute Gasteiger partial charge is 0.489 e. The van der Waals surface area contributed by atoms with Gasteiger partial charge in [-0.25, -0.2) is 0 Å². The molecule has 0 saturated heterocycles. The van der Waals surface area contributed by atoms with Gasteiger partial charge in [0.15, 0.2) is 0 Å². The van der Waals surface area contributed by atoms with Crippen LogP contribution in [0.25, 0.3) is 0 Å². The number of ether oxygens (including phenoxy) is 1. The van der Waals surface area contributed by atoms with Gasteiger partial charge < -0.3 is 10.1 Å².